The summed E-state index contributed by atoms with van der Waals surface area (Å²) < 4.78 is 0. The highest BCUT2D eigenvalue weighted by atomic mass is 14.4. The highest BCUT2D eigenvalue weighted by Gasteiger charge is 1.77. The maximum Gasteiger partial charge on any atom is 0.0283 e. The van der Waals surface area contributed by atoms with E-state index in [4.69, 9.17) is 5.41 Å². The van der Waals surface area contributed by atoms with E-state index in [-0.39, 0.29) is 0 Å². The molecule has 0 fully saturated rings. The second kappa shape index (κ2) is 4.07. The van der Waals surface area contributed by atoms with Crippen molar-refractivity contribution in [3.8, 4) is 0 Å². The van der Waals surface area contributed by atoms with Crippen LogP contribution in [0.5, 0.6) is 0 Å². The first-order valence-electron chi connectivity index (χ1n) is 3.03. The Labute approximate surface area is 56.6 Å². The van der Waals surface area contributed by atoms with Gasteiger partial charge in [-0.15, -0.1) is 0 Å². The minimum Gasteiger partial charge on any atom is -0.306 e. The average molecular weight is 123 g/mol. The van der Waals surface area contributed by atoms with Crippen molar-refractivity contribution >= 4 is 5.71 Å². The Kier molecular flexibility index (Phi) is 3.69. The fourth-order valence-electron chi connectivity index (χ4n) is 0.353. The van der Waals surface area contributed by atoms with Gasteiger partial charge in [-0.2, -0.15) is 0 Å². The molecule has 0 unspecified atom stereocenters. The van der Waals surface area contributed by atoms with Crippen molar-refractivity contribution in [3.05, 3.63) is 23.8 Å². The Bertz CT molecular complexity index is 152. The number of hydrogen-bond acceptors (Lipinski definition) is 1. The van der Waals surface area contributed by atoms with Crippen LogP contribution in [0.2, 0.25) is 0 Å². The van der Waals surface area contributed by atoms with Crippen LogP contribution in [0.25, 0.3) is 0 Å². The van der Waals surface area contributed by atoms with Crippen molar-refractivity contribution < 1.29 is 0 Å². The molecule has 0 heterocycles. The lowest BCUT2D eigenvalue weighted by Crippen LogP contribution is -1.77. The molecule has 50 valence electrons. The smallest absolute Gasteiger partial charge is 0.0283 e. The van der Waals surface area contributed by atoms with E-state index < -0.39 is 0 Å². The van der Waals surface area contributed by atoms with E-state index >= 15 is 0 Å². The molecular weight excluding hydrogens is 110 g/mol. The predicted octanol–water partition coefficient (Wildman–Crippen LogP) is 2.55. The third kappa shape index (κ3) is 5.01. The molecule has 0 aliphatic heterocycles. The maximum absolute atomic E-state index is 7.05. The molecule has 0 aromatic heterocycles. The molecule has 0 bridgehead atoms. The van der Waals surface area contributed by atoms with Crippen molar-refractivity contribution in [1.29, 1.82) is 5.41 Å². The highest BCUT2D eigenvalue weighted by molar-refractivity contribution is 5.90. The van der Waals surface area contributed by atoms with Crippen LogP contribution in [0.4, 0.5) is 0 Å². The second-order valence-corrected chi connectivity index (χ2v) is 2.05. The Balaban J connectivity index is 3.86. The largest absolute Gasteiger partial charge is 0.306 e. The Hall–Kier alpha value is -0.850. The first-order valence-corrected chi connectivity index (χ1v) is 3.03. The van der Waals surface area contributed by atoms with E-state index in [1.54, 1.807) is 13.0 Å². The molecular formula is C8H13N. The lowest BCUT2D eigenvalue weighted by molar-refractivity contribution is 1.46. The van der Waals surface area contributed by atoms with Crippen molar-refractivity contribution in [3.63, 3.8) is 0 Å². The normalized spacial score (nSPS) is 12.6. The third-order valence-corrected chi connectivity index (χ3v) is 1.05. The molecule has 0 aliphatic rings. The standard InChI is InChI=1S/C8H13N/c1-4-7(2)5-6-8(3)9/h4-6,9H,1-3H3/b6-5-,7-4?,9-8?. The average Bonchev–Trinajstić information content (AvgIpc) is 1.83. The Morgan fingerprint density at radius 2 is 1.78 bits per heavy atom. The monoisotopic (exact) mass is 123 g/mol. The van der Waals surface area contributed by atoms with E-state index in [9.17, 15) is 0 Å². The summed E-state index contributed by atoms with van der Waals surface area (Å²) in [6, 6.07) is 0. The van der Waals surface area contributed by atoms with E-state index in [0.717, 1.165) is 0 Å². The van der Waals surface area contributed by atoms with Gasteiger partial charge in [0.15, 0.2) is 0 Å². The van der Waals surface area contributed by atoms with Crippen LogP contribution in [0, 0.1) is 5.41 Å². The lowest BCUT2D eigenvalue weighted by Gasteiger charge is -1.85. The van der Waals surface area contributed by atoms with Gasteiger partial charge in [-0.25, -0.2) is 0 Å². The molecule has 0 rings (SSSR count). The Morgan fingerprint density at radius 1 is 1.22 bits per heavy atom. The zero-order valence-corrected chi connectivity index (χ0v) is 6.23. The summed E-state index contributed by atoms with van der Waals surface area (Å²) in [4.78, 5) is 0. The van der Waals surface area contributed by atoms with Crippen LogP contribution in [0.1, 0.15) is 20.8 Å². The molecule has 0 radical (unpaired) electrons. The van der Waals surface area contributed by atoms with Gasteiger partial charge < -0.3 is 5.41 Å². The van der Waals surface area contributed by atoms with Gasteiger partial charge in [0.05, 0.1) is 0 Å². The van der Waals surface area contributed by atoms with Crippen LogP contribution in [0.15, 0.2) is 23.8 Å². The van der Waals surface area contributed by atoms with Gasteiger partial charge >= 0.3 is 0 Å². The summed E-state index contributed by atoms with van der Waals surface area (Å²) in [5, 5.41) is 7.05. The van der Waals surface area contributed by atoms with E-state index in [1.807, 2.05) is 26.0 Å². The maximum atomic E-state index is 7.05. The molecule has 0 aliphatic carbocycles. The summed E-state index contributed by atoms with van der Waals surface area (Å²) in [6.45, 7) is 5.76. The fourth-order valence-corrected chi connectivity index (χ4v) is 0.353. The zero-order chi connectivity index (χ0) is 7.28. The summed E-state index contributed by atoms with van der Waals surface area (Å²) in [5.74, 6) is 0. The Morgan fingerprint density at radius 3 is 2.11 bits per heavy atom. The molecule has 0 atom stereocenters. The SMILES string of the molecule is CC=C(C)/C=C\C(C)=N. The molecule has 0 amide bonds. The van der Waals surface area contributed by atoms with E-state index in [1.165, 1.54) is 5.57 Å². The molecule has 1 heteroatoms. The molecule has 1 nitrogen and oxygen atoms in total. The molecule has 0 saturated carbocycles. The number of allylic oxidation sites excluding steroid dienone is 4. The van der Waals surface area contributed by atoms with Gasteiger partial charge in [0, 0.05) is 5.71 Å². The summed E-state index contributed by atoms with van der Waals surface area (Å²) in [5.41, 5.74) is 1.79. The van der Waals surface area contributed by atoms with Crippen molar-refractivity contribution in [2.45, 2.75) is 20.8 Å². The summed E-state index contributed by atoms with van der Waals surface area (Å²) in [7, 11) is 0. The minimum atomic E-state index is 0.594. The van der Waals surface area contributed by atoms with Crippen LogP contribution in [-0.4, -0.2) is 5.71 Å². The first-order chi connectivity index (χ1) is 4.16. The lowest BCUT2D eigenvalue weighted by atomic mass is 10.2. The van der Waals surface area contributed by atoms with Gasteiger partial charge in [0.1, 0.15) is 0 Å². The van der Waals surface area contributed by atoms with Gasteiger partial charge in [0.25, 0.3) is 0 Å². The van der Waals surface area contributed by atoms with Crippen molar-refractivity contribution in [2.75, 3.05) is 0 Å². The summed E-state index contributed by atoms with van der Waals surface area (Å²) >= 11 is 0. The number of rotatable bonds is 2. The molecule has 9 heavy (non-hydrogen) atoms. The molecule has 0 spiro atoms. The number of hydrogen-bond donors (Lipinski definition) is 1. The van der Waals surface area contributed by atoms with Crippen LogP contribution < -0.4 is 0 Å². The van der Waals surface area contributed by atoms with Crippen molar-refractivity contribution in [1.82, 2.24) is 0 Å². The molecule has 0 saturated heterocycles. The molecule has 0 aromatic carbocycles. The third-order valence-electron chi connectivity index (χ3n) is 1.05. The fraction of sp³-hybridized carbons (Fsp3) is 0.375. The topological polar surface area (TPSA) is 23.9 Å². The molecule has 0 aromatic rings. The van der Waals surface area contributed by atoms with Gasteiger partial charge in [-0.3, -0.25) is 0 Å². The van der Waals surface area contributed by atoms with Gasteiger partial charge in [-0.1, -0.05) is 17.7 Å². The number of nitrogens with one attached hydrogen (secondary N) is 1. The first kappa shape index (κ1) is 8.15. The van der Waals surface area contributed by atoms with E-state index in [0.29, 0.717) is 5.71 Å². The van der Waals surface area contributed by atoms with Gasteiger partial charge in [-0.05, 0) is 26.8 Å². The van der Waals surface area contributed by atoms with Crippen LogP contribution >= 0.6 is 0 Å². The molecule has 1 N–H and O–H groups in total. The van der Waals surface area contributed by atoms with Crippen LogP contribution in [-0.2, 0) is 0 Å². The quantitative estimate of drug-likeness (QED) is 0.431. The van der Waals surface area contributed by atoms with Crippen LogP contribution in [0.3, 0.4) is 0 Å². The van der Waals surface area contributed by atoms with Gasteiger partial charge in [0.2, 0.25) is 0 Å². The predicted molar refractivity (Wildman–Crippen MR) is 42.0 cm³/mol. The zero-order valence-electron chi connectivity index (χ0n) is 6.23. The highest BCUT2D eigenvalue weighted by Crippen LogP contribution is 1.92. The van der Waals surface area contributed by atoms with Crippen molar-refractivity contribution in [2.24, 2.45) is 0 Å². The second-order valence-electron chi connectivity index (χ2n) is 2.05. The minimum absolute atomic E-state index is 0.594. The summed E-state index contributed by atoms with van der Waals surface area (Å²) in [6.07, 6.45) is 5.73. The van der Waals surface area contributed by atoms with E-state index in [2.05, 4.69) is 0 Å².